The van der Waals surface area contributed by atoms with Gasteiger partial charge in [-0.05, 0) is 111 Å². The average Bonchev–Trinajstić information content (AvgIpc) is 3.29. The third-order valence-electron chi connectivity index (χ3n) is 10.7. The van der Waals surface area contributed by atoms with Crippen LogP contribution in [-0.4, -0.2) is 91.4 Å². The van der Waals surface area contributed by atoms with E-state index in [1.807, 2.05) is 36.4 Å². The lowest BCUT2D eigenvalue weighted by molar-refractivity contribution is 0.0586. The molecule has 0 aliphatic carbocycles. The molecule has 4 aromatic heterocycles. The molecule has 6 heterocycles. The molecule has 14 heteroatoms. The highest BCUT2D eigenvalue weighted by atomic mass is 16.2. The number of benzene rings is 2. The van der Waals surface area contributed by atoms with Gasteiger partial charge >= 0.3 is 0 Å². The number of rotatable bonds is 16. The van der Waals surface area contributed by atoms with Crippen LogP contribution in [0.15, 0.2) is 110 Å². The molecule has 2 aliphatic heterocycles. The zero-order chi connectivity index (χ0) is 41.6. The normalized spacial score (nSPS) is 13.2. The van der Waals surface area contributed by atoms with Crippen molar-refractivity contribution >= 4 is 46.2 Å². The van der Waals surface area contributed by atoms with Crippen molar-refractivity contribution in [3.63, 3.8) is 0 Å². The summed E-state index contributed by atoms with van der Waals surface area (Å²) in [5.41, 5.74) is 4.74. The van der Waals surface area contributed by atoms with Gasteiger partial charge in [0.15, 0.2) is 0 Å². The Morgan fingerprint density at radius 1 is 0.433 bits per heavy atom. The molecule has 14 nitrogen and oxygen atoms in total. The second kappa shape index (κ2) is 17.6. The maximum Gasteiger partial charge on any atom is 0.261 e. The number of hydrogen-bond donors (Lipinski definition) is 2. The van der Waals surface area contributed by atoms with E-state index in [-0.39, 0.29) is 47.2 Å². The lowest BCUT2D eigenvalue weighted by Crippen LogP contribution is -2.43. The van der Waals surface area contributed by atoms with E-state index in [2.05, 4.69) is 30.6 Å². The standard InChI is InChI=1S/C46H40N8O6/c55-41(29-13-19-37(51-27-29)35-11-3-7-21-47-35)49-23-5-1-9-25-53-43(57)31-15-17-33-40-34(18-16-32(39(31)40)44(53)58)46(60)54(45(33)59)26-10-2-6-24-50-42(56)30-14-20-38(52-28-30)36-12-4-8-22-48-36/h3-4,7-8,11-22,27-28H,1-2,5-6,9-10,23-26H2,(H,49,55)(H,50,56). The number of aromatic nitrogens is 4. The van der Waals surface area contributed by atoms with Gasteiger partial charge in [-0.3, -0.25) is 58.5 Å². The number of hydrogen-bond acceptors (Lipinski definition) is 10. The van der Waals surface area contributed by atoms with Crippen molar-refractivity contribution in [2.45, 2.75) is 38.5 Å². The minimum atomic E-state index is -0.474. The van der Waals surface area contributed by atoms with Crippen molar-refractivity contribution in [2.75, 3.05) is 26.2 Å². The Morgan fingerprint density at radius 3 is 1.15 bits per heavy atom. The number of nitrogens with zero attached hydrogens (tertiary/aromatic N) is 6. The summed E-state index contributed by atoms with van der Waals surface area (Å²) in [6.07, 6.45) is 10.0. The number of carbonyl (C=O) groups is 6. The van der Waals surface area contributed by atoms with Gasteiger partial charge in [0.25, 0.3) is 35.4 Å². The minimum Gasteiger partial charge on any atom is -0.352 e. The first-order valence-electron chi connectivity index (χ1n) is 19.9. The van der Waals surface area contributed by atoms with Crippen LogP contribution >= 0.6 is 0 Å². The first kappa shape index (κ1) is 39.4. The fourth-order valence-electron chi connectivity index (χ4n) is 7.52. The highest BCUT2D eigenvalue weighted by molar-refractivity contribution is 6.33. The zero-order valence-corrected chi connectivity index (χ0v) is 32.6. The Balaban J connectivity index is 0.802. The summed E-state index contributed by atoms with van der Waals surface area (Å²) in [5.74, 6) is -2.39. The summed E-state index contributed by atoms with van der Waals surface area (Å²) in [6.45, 7) is 1.19. The topological polar surface area (TPSA) is 185 Å². The number of amides is 6. The van der Waals surface area contributed by atoms with Gasteiger partial charge in [-0.15, -0.1) is 0 Å². The van der Waals surface area contributed by atoms with Crippen LogP contribution in [0, 0.1) is 0 Å². The second-order valence-corrected chi connectivity index (χ2v) is 14.5. The lowest BCUT2D eigenvalue weighted by atomic mass is 9.86. The van der Waals surface area contributed by atoms with E-state index >= 15 is 0 Å². The Hall–Kier alpha value is -7.48. The van der Waals surface area contributed by atoms with Crippen molar-refractivity contribution in [2.24, 2.45) is 0 Å². The van der Waals surface area contributed by atoms with Gasteiger partial charge in [-0.2, -0.15) is 0 Å². The first-order valence-corrected chi connectivity index (χ1v) is 19.9. The van der Waals surface area contributed by atoms with Crippen molar-refractivity contribution in [1.82, 2.24) is 40.4 Å². The van der Waals surface area contributed by atoms with E-state index in [4.69, 9.17) is 0 Å². The molecule has 6 aromatic rings. The van der Waals surface area contributed by atoms with Gasteiger partial charge in [0, 0.05) is 84.0 Å². The van der Waals surface area contributed by atoms with E-state index < -0.39 is 23.6 Å². The fourth-order valence-corrected chi connectivity index (χ4v) is 7.52. The first-order chi connectivity index (χ1) is 29.3. The Bertz CT molecular complexity index is 2370. The maximum absolute atomic E-state index is 13.7. The van der Waals surface area contributed by atoms with Crippen LogP contribution in [0.25, 0.3) is 33.5 Å². The van der Waals surface area contributed by atoms with E-state index in [1.165, 1.54) is 22.2 Å². The quantitative estimate of drug-likeness (QED) is 0.0851. The SMILES string of the molecule is O=C(NCCCCCN1C(=O)c2ccc3c4c(ccc(c24)C1=O)C(=O)N(CCCCCNC(=O)c1ccc(-c2ccccn2)nc1)C3=O)c1ccc(-c2ccccn2)nc1. The molecule has 2 N–H and O–H groups in total. The molecule has 60 heavy (non-hydrogen) atoms. The largest absolute Gasteiger partial charge is 0.352 e. The molecule has 8 rings (SSSR count). The fraction of sp³-hybridized carbons (Fsp3) is 0.217. The van der Waals surface area contributed by atoms with Crippen molar-refractivity contribution in [3.8, 4) is 22.8 Å². The zero-order valence-electron chi connectivity index (χ0n) is 32.6. The maximum atomic E-state index is 13.7. The molecule has 6 amide bonds. The molecule has 0 unspecified atom stereocenters. The third-order valence-corrected chi connectivity index (χ3v) is 10.7. The molecule has 0 saturated heterocycles. The number of unbranched alkanes of at least 4 members (excludes halogenated alkanes) is 4. The number of imide groups is 2. The van der Waals surface area contributed by atoms with E-state index in [9.17, 15) is 28.8 Å². The van der Waals surface area contributed by atoms with Gasteiger partial charge in [0.1, 0.15) is 0 Å². The van der Waals surface area contributed by atoms with E-state index in [0.717, 1.165) is 11.4 Å². The molecule has 0 bridgehead atoms. The summed E-state index contributed by atoms with van der Waals surface area (Å²) >= 11 is 0. The van der Waals surface area contributed by atoms with Crippen molar-refractivity contribution < 1.29 is 28.8 Å². The van der Waals surface area contributed by atoms with Crippen molar-refractivity contribution in [3.05, 3.63) is 143 Å². The van der Waals surface area contributed by atoms with Crippen LogP contribution < -0.4 is 10.6 Å². The Kier molecular flexibility index (Phi) is 11.5. The average molecular weight is 801 g/mol. The Morgan fingerprint density at radius 2 is 0.817 bits per heavy atom. The summed E-state index contributed by atoms with van der Waals surface area (Å²) in [6, 6.07) is 24.2. The predicted octanol–water partition coefficient (Wildman–Crippen LogP) is 6.15. The van der Waals surface area contributed by atoms with Gasteiger partial charge in [-0.25, -0.2) is 0 Å². The molecule has 0 atom stereocenters. The van der Waals surface area contributed by atoms with Gasteiger partial charge in [0.2, 0.25) is 0 Å². The summed E-state index contributed by atoms with van der Waals surface area (Å²) in [4.78, 5) is 99.7. The van der Waals surface area contributed by atoms with Crippen LogP contribution in [0.3, 0.4) is 0 Å². The molecule has 0 saturated carbocycles. The minimum absolute atomic E-state index is 0.182. The molecule has 0 fully saturated rings. The van der Waals surface area contributed by atoms with Crippen LogP contribution in [0.4, 0.5) is 0 Å². The molecule has 2 aromatic carbocycles. The van der Waals surface area contributed by atoms with E-state index in [0.29, 0.717) is 84.9 Å². The highest BCUT2D eigenvalue weighted by Gasteiger charge is 2.39. The smallest absolute Gasteiger partial charge is 0.261 e. The predicted molar refractivity (Wildman–Crippen MR) is 222 cm³/mol. The van der Waals surface area contributed by atoms with Crippen molar-refractivity contribution in [1.29, 1.82) is 0 Å². The monoisotopic (exact) mass is 800 g/mol. The molecule has 300 valence electrons. The van der Waals surface area contributed by atoms with Crippen LogP contribution in [0.2, 0.25) is 0 Å². The molecule has 0 radical (unpaired) electrons. The van der Waals surface area contributed by atoms with Crippen LogP contribution in [0.5, 0.6) is 0 Å². The summed E-state index contributed by atoms with van der Waals surface area (Å²) < 4.78 is 0. The van der Waals surface area contributed by atoms with Crippen LogP contribution in [-0.2, 0) is 0 Å². The molecular weight excluding hydrogens is 761 g/mol. The highest BCUT2D eigenvalue weighted by Crippen LogP contribution is 2.38. The summed E-state index contributed by atoms with van der Waals surface area (Å²) in [7, 11) is 0. The molecule has 0 spiro atoms. The number of pyridine rings is 4. The van der Waals surface area contributed by atoms with Gasteiger partial charge < -0.3 is 10.6 Å². The van der Waals surface area contributed by atoms with E-state index in [1.54, 1.807) is 60.9 Å². The molecule has 2 aliphatic rings. The summed E-state index contributed by atoms with van der Waals surface area (Å²) in [5, 5.41) is 6.44. The van der Waals surface area contributed by atoms with Crippen LogP contribution in [0.1, 0.15) is 101 Å². The van der Waals surface area contributed by atoms with Gasteiger partial charge in [0.05, 0.1) is 33.9 Å². The number of carbonyl (C=O) groups excluding carboxylic acids is 6. The Labute approximate surface area is 345 Å². The molecular formula is C46H40N8O6. The lowest BCUT2D eigenvalue weighted by Gasteiger charge is -2.32. The number of nitrogens with one attached hydrogen (secondary N) is 2. The second-order valence-electron chi connectivity index (χ2n) is 14.5. The third kappa shape index (κ3) is 7.99. The van der Waals surface area contributed by atoms with Gasteiger partial charge in [-0.1, -0.05) is 12.1 Å².